The minimum Gasteiger partial charge on any atom is -0.469 e. The van der Waals surface area contributed by atoms with Crippen molar-refractivity contribution in [2.45, 2.75) is 26.2 Å². The zero-order chi connectivity index (χ0) is 11.5. The molecule has 1 atom stereocenters. The molecule has 0 aliphatic carbocycles. The first kappa shape index (κ1) is 10.9. The van der Waals surface area contributed by atoms with Gasteiger partial charge in [-0.3, -0.25) is 0 Å². The summed E-state index contributed by atoms with van der Waals surface area (Å²) in [7, 11) is 0. The Hall–Kier alpha value is -1.62. The SMILES string of the molecule is Cc1occc1-c1noc(C(C)CCN)n1. The third-order valence-electron chi connectivity index (χ3n) is 2.56. The summed E-state index contributed by atoms with van der Waals surface area (Å²) in [6, 6.07) is 1.83. The maximum absolute atomic E-state index is 5.49. The molecule has 2 heterocycles. The van der Waals surface area contributed by atoms with E-state index in [0.717, 1.165) is 17.7 Å². The molecule has 2 aromatic rings. The van der Waals surface area contributed by atoms with Crippen molar-refractivity contribution in [1.82, 2.24) is 10.1 Å². The van der Waals surface area contributed by atoms with Gasteiger partial charge in [0.1, 0.15) is 5.76 Å². The second-order valence-electron chi connectivity index (χ2n) is 3.83. The summed E-state index contributed by atoms with van der Waals surface area (Å²) in [6.45, 7) is 4.50. The van der Waals surface area contributed by atoms with E-state index < -0.39 is 0 Å². The molecule has 2 N–H and O–H groups in total. The van der Waals surface area contributed by atoms with Gasteiger partial charge in [0.15, 0.2) is 0 Å². The largest absolute Gasteiger partial charge is 0.469 e. The predicted octanol–water partition coefficient (Wildman–Crippen LogP) is 2.09. The van der Waals surface area contributed by atoms with E-state index in [1.165, 1.54) is 0 Å². The molecule has 0 spiro atoms. The molecule has 2 rings (SSSR count). The molecule has 0 aromatic carbocycles. The Bertz CT molecular complexity index is 461. The average molecular weight is 221 g/mol. The zero-order valence-corrected chi connectivity index (χ0v) is 9.43. The third kappa shape index (κ3) is 1.99. The molecule has 0 saturated heterocycles. The lowest BCUT2D eigenvalue weighted by Crippen LogP contribution is -2.04. The average Bonchev–Trinajstić information content (AvgIpc) is 2.86. The number of aryl methyl sites for hydroxylation is 1. The summed E-state index contributed by atoms with van der Waals surface area (Å²) < 4.78 is 10.4. The fourth-order valence-corrected chi connectivity index (χ4v) is 1.54. The third-order valence-corrected chi connectivity index (χ3v) is 2.56. The van der Waals surface area contributed by atoms with Gasteiger partial charge >= 0.3 is 0 Å². The van der Waals surface area contributed by atoms with E-state index in [1.807, 2.05) is 19.9 Å². The quantitative estimate of drug-likeness (QED) is 0.855. The van der Waals surface area contributed by atoms with Gasteiger partial charge in [-0.05, 0) is 26.0 Å². The molecule has 0 amide bonds. The predicted molar refractivity (Wildman–Crippen MR) is 58.8 cm³/mol. The summed E-state index contributed by atoms with van der Waals surface area (Å²) in [5, 5.41) is 3.94. The first-order chi connectivity index (χ1) is 7.72. The second-order valence-corrected chi connectivity index (χ2v) is 3.83. The number of nitrogens with two attached hydrogens (primary N) is 1. The number of hydrogen-bond donors (Lipinski definition) is 1. The van der Waals surface area contributed by atoms with Crippen molar-refractivity contribution in [1.29, 1.82) is 0 Å². The maximum atomic E-state index is 5.49. The molecule has 86 valence electrons. The molecule has 16 heavy (non-hydrogen) atoms. The normalized spacial score (nSPS) is 12.9. The Kier molecular flexibility index (Phi) is 3.05. The zero-order valence-electron chi connectivity index (χ0n) is 9.43. The van der Waals surface area contributed by atoms with Crippen LogP contribution < -0.4 is 5.73 Å². The molecule has 0 bridgehead atoms. The van der Waals surface area contributed by atoms with Crippen LogP contribution in [0.1, 0.15) is 30.9 Å². The second kappa shape index (κ2) is 4.49. The van der Waals surface area contributed by atoms with Crippen molar-refractivity contribution in [3.63, 3.8) is 0 Å². The van der Waals surface area contributed by atoms with Gasteiger partial charge in [-0.15, -0.1) is 0 Å². The highest BCUT2D eigenvalue weighted by Gasteiger charge is 2.16. The lowest BCUT2D eigenvalue weighted by Gasteiger charge is -2.01. The van der Waals surface area contributed by atoms with Crippen LogP contribution in [0.5, 0.6) is 0 Å². The van der Waals surface area contributed by atoms with Crippen molar-refractivity contribution >= 4 is 0 Å². The number of rotatable bonds is 4. The van der Waals surface area contributed by atoms with Gasteiger partial charge in [-0.1, -0.05) is 12.1 Å². The van der Waals surface area contributed by atoms with Crippen LogP contribution in [0, 0.1) is 6.92 Å². The maximum Gasteiger partial charge on any atom is 0.229 e. The Balaban J connectivity index is 2.23. The molecule has 0 aliphatic heterocycles. The van der Waals surface area contributed by atoms with Crippen LogP contribution in [-0.2, 0) is 0 Å². The molecular formula is C11H15N3O2. The van der Waals surface area contributed by atoms with Gasteiger partial charge in [-0.25, -0.2) is 0 Å². The molecular weight excluding hydrogens is 206 g/mol. The van der Waals surface area contributed by atoms with Crippen LogP contribution in [0.4, 0.5) is 0 Å². The number of aromatic nitrogens is 2. The summed E-state index contributed by atoms with van der Waals surface area (Å²) in [6.07, 6.45) is 2.45. The van der Waals surface area contributed by atoms with Crippen molar-refractivity contribution in [3.05, 3.63) is 24.0 Å². The van der Waals surface area contributed by atoms with Gasteiger partial charge in [-0.2, -0.15) is 4.98 Å². The van der Waals surface area contributed by atoms with Gasteiger partial charge in [0.25, 0.3) is 0 Å². The van der Waals surface area contributed by atoms with Crippen LogP contribution >= 0.6 is 0 Å². The molecule has 0 saturated carbocycles. The van der Waals surface area contributed by atoms with Crippen LogP contribution in [0.15, 0.2) is 21.3 Å². The first-order valence-corrected chi connectivity index (χ1v) is 5.30. The number of hydrogen-bond acceptors (Lipinski definition) is 5. The van der Waals surface area contributed by atoms with Crippen molar-refractivity contribution in [2.24, 2.45) is 5.73 Å². The van der Waals surface area contributed by atoms with Crippen LogP contribution in [0.25, 0.3) is 11.4 Å². The van der Waals surface area contributed by atoms with Gasteiger partial charge in [0, 0.05) is 5.92 Å². The molecule has 2 aromatic heterocycles. The minimum absolute atomic E-state index is 0.193. The van der Waals surface area contributed by atoms with E-state index >= 15 is 0 Å². The van der Waals surface area contributed by atoms with Gasteiger partial charge in [0.05, 0.1) is 11.8 Å². The summed E-state index contributed by atoms with van der Waals surface area (Å²) in [5.41, 5.74) is 6.36. The highest BCUT2D eigenvalue weighted by molar-refractivity contribution is 5.56. The smallest absolute Gasteiger partial charge is 0.229 e. The van der Waals surface area contributed by atoms with Crippen LogP contribution in [0.2, 0.25) is 0 Å². The molecule has 0 radical (unpaired) electrons. The monoisotopic (exact) mass is 221 g/mol. The Morgan fingerprint density at radius 2 is 2.31 bits per heavy atom. The minimum atomic E-state index is 0.193. The highest BCUT2D eigenvalue weighted by atomic mass is 16.5. The number of nitrogens with zero attached hydrogens (tertiary/aromatic N) is 2. The van der Waals surface area contributed by atoms with Crippen LogP contribution in [0.3, 0.4) is 0 Å². The van der Waals surface area contributed by atoms with E-state index in [0.29, 0.717) is 18.3 Å². The fourth-order valence-electron chi connectivity index (χ4n) is 1.54. The summed E-state index contributed by atoms with van der Waals surface area (Å²) in [4.78, 5) is 4.34. The standard InChI is InChI=1S/C11H15N3O2/c1-7(3-5-12)11-13-10(14-16-11)9-4-6-15-8(9)2/h4,6-7H,3,5,12H2,1-2H3. The highest BCUT2D eigenvalue weighted by Crippen LogP contribution is 2.24. The summed E-state index contributed by atoms with van der Waals surface area (Å²) >= 11 is 0. The number of furan rings is 1. The van der Waals surface area contributed by atoms with Gasteiger partial charge in [0.2, 0.25) is 11.7 Å². The fraction of sp³-hybridized carbons (Fsp3) is 0.455. The van der Waals surface area contributed by atoms with E-state index in [1.54, 1.807) is 6.26 Å². The van der Waals surface area contributed by atoms with Crippen LogP contribution in [-0.4, -0.2) is 16.7 Å². The lowest BCUT2D eigenvalue weighted by molar-refractivity contribution is 0.355. The molecule has 5 heteroatoms. The molecule has 1 unspecified atom stereocenters. The molecule has 5 nitrogen and oxygen atoms in total. The Labute approximate surface area is 93.6 Å². The summed E-state index contributed by atoms with van der Waals surface area (Å²) in [5.74, 6) is 2.18. The van der Waals surface area contributed by atoms with E-state index in [9.17, 15) is 0 Å². The van der Waals surface area contributed by atoms with Crippen molar-refractivity contribution in [3.8, 4) is 11.4 Å². The van der Waals surface area contributed by atoms with Crippen molar-refractivity contribution in [2.75, 3.05) is 6.54 Å². The topological polar surface area (TPSA) is 78.1 Å². The molecule has 0 aliphatic rings. The lowest BCUT2D eigenvalue weighted by atomic mass is 10.1. The van der Waals surface area contributed by atoms with Crippen molar-refractivity contribution < 1.29 is 8.94 Å². The van der Waals surface area contributed by atoms with E-state index in [2.05, 4.69) is 10.1 Å². The molecule has 0 fully saturated rings. The van der Waals surface area contributed by atoms with Gasteiger partial charge < -0.3 is 14.7 Å². The van der Waals surface area contributed by atoms with E-state index in [4.69, 9.17) is 14.7 Å². The Morgan fingerprint density at radius 3 is 2.94 bits per heavy atom. The first-order valence-electron chi connectivity index (χ1n) is 5.30. The van der Waals surface area contributed by atoms with E-state index in [-0.39, 0.29) is 5.92 Å². The Morgan fingerprint density at radius 1 is 1.50 bits per heavy atom.